The second-order valence-electron chi connectivity index (χ2n) is 16.3. The van der Waals surface area contributed by atoms with Gasteiger partial charge in [0.05, 0.1) is 33.1 Å². The summed E-state index contributed by atoms with van der Waals surface area (Å²) in [5.41, 5.74) is 19.9. The van der Waals surface area contributed by atoms with E-state index in [0.717, 1.165) is 77.4 Å². The van der Waals surface area contributed by atoms with E-state index in [1.807, 2.05) is 50.5 Å². The van der Waals surface area contributed by atoms with E-state index >= 15 is 0 Å². The van der Waals surface area contributed by atoms with Crippen LogP contribution in [0.3, 0.4) is 0 Å². The van der Waals surface area contributed by atoms with E-state index in [4.69, 9.17) is 9.97 Å². The Hall–Kier alpha value is -7.44. The molecule has 0 aliphatic carbocycles. The normalized spacial score (nSPS) is 11.2. The van der Waals surface area contributed by atoms with E-state index in [1.54, 1.807) is 0 Å². The first kappa shape index (κ1) is 40.0. The van der Waals surface area contributed by atoms with E-state index in [1.165, 1.54) is 55.3 Å². The highest BCUT2D eigenvalue weighted by molar-refractivity contribution is 6.12. The molecule has 0 unspecified atom stereocenters. The number of aromatic nitrogens is 6. The van der Waals surface area contributed by atoms with Gasteiger partial charge in [-0.25, -0.2) is 0 Å². The summed E-state index contributed by atoms with van der Waals surface area (Å²) in [6, 6.07) is 46.5. The molecule has 11 rings (SSSR count). The third kappa shape index (κ3) is 7.60. The smallest absolute Gasteiger partial charge is 0.0974 e. The molecule has 6 heterocycles. The van der Waals surface area contributed by atoms with Gasteiger partial charge in [0, 0.05) is 67.5 Å². The van der Waals surface area contributed by atoms with Crippen LogP contribution in [0.5, 0.6) is 0 Å². The lowest BCUT2D eigenvalue weighted by molar-refractivity contribution is 1.23. The Bertz CT molecular complexity index is 3260. The molecule has 302 valence electrons. The molecule has 6 nitrogen and oxygen atoms in total. The first-order valence-corrected chi connectivity index (χ1v) is 21.1. The number of hydrogen-bond acceptors (Lipinski definition) is 6. The molecule has 0 amide bonds. The van der Waals surface area contributed by atoms with E-state index in [0.29, 0.717) is 0 Å². The SMILES string of the molecule is Cc1cc(-c2ccccc2)c2ccc3c(-c4ccccc4)cc(C)nc3c2n1.Cc1ccc2ccc3ccc(C)nc3c2n1.Cc1cnc2c(ccc3c(C)c(C)cnc32)c1C. The minimum Gasteiger partial charge on any atom is -0.254 e. The van der Waals surface area contributed by atoms with Gasteiger partial charge in [0.25, 0.3) is 0 Å². The van der Waals surface area contributed by atoms with Gasteiger partial charge in [-0.2, -0.15) is 0 Å². The molecule has 6 aromatic heterocycles. The fourth-order valence-electron chi connectivity index (χ4n) is 8.29. The van der Waals surface area contributed by atoms with Crippen LogP contribution in [0.25, 0.3) is 87.7 Å². The standard InChI is InChI=1S/C26H20N2.C16H16N2.C14H12N2/c1-17-15-23(19-9-5-3-6-10-19)21-13-14-22-24(20-11-7-4-8-12-20)16-18(2)28-26(22)25(21)27-17;1-9-7-17-15-13(11(9)3)5-6-14-12(4)10(2)8-18-16(14)15;1-9-3-5-11-7-8-12-6-4-10(2)16-14(12)13(11)15-9/h3-16H,1-2H3;5-8H,1-4H3;3-8H,1-2H3. The van der Waals surface area contributed by atoms with Gasteiger partial charge in [-0.1, -0.05) is 109 Å². The largest absolute Gasteiger partial charge is 0.254 e. The van der Waals surface area contributed by atoms with Crippen LogP contribution in [0.15, 0.2) is 146 Å². The lowest BCUT2D eigenvalue weighted by Crippen LogP contribution is -1.94. The summed E-state index contributed by atoms with van der Waals surface area (Å²) in [7, 11) is 0. The van der Waals surface area contributed by atoms with Crippen molar-refractivity contribution in [1.29, 1.82) is 0 Å². The average molecular weight is 805 g/mol. The van der Waals surface area contributed by atoms with E-state index in [2.05, 4.69) is 171 Å². The Morgan fingerprint density at radius 2 is 0.661 bits per heavy atom. The molecule has 6 heteroatoms. The van der Waals surface area contributed by atoms with Crippen molar-refractivity contribution in [1.82, 2.24) is 29.9 Å². The van der Waals surface area contributed by atoms with Crippen molar-refractivity contribution in [3.05, 3.63) is 191 Å². The Kier molecular flexibility index (Phi) is 10.7. The average Bonchev–Trinajstić information content (AvgIpc) is 3.29. The first-order chi connectivity index (χ1) is 30.0. The van der Waals surface area contributed by atoms with Crippen LogP contribution in [0.1, 0.15) is 45.0 Å². The van der Waals surface area contributed by atoms with E-state index in [9.17, 15) is 0 Å². The zero-order valence-corrected chi connectivity index (χ0v) is 36.5. The summed E-state index contributed by atoms with van der Waals surface area (Å²) >= 11 is 0. The molecule has 0 spiro atoms. The molecule has 0 saturated carbocycles. The van der Waals surface area contributed by atoms with Gasteiger partial charge in [0.2, 0.25) is 0 Å². The molecule has 0 aliphatic rings. The van der Waals surface area contributed by atoms with Crippen molar-refractivity contribution in [3.63, 3.8) is 0 Å². The highest BCUT2D eigenvalue weighted by Crippen LogP contribution is 2.36. The van der Waals surface area contributed by atoms with Gasteiger partial charge in [-0.15, -0.1) is 0 Å². The molecule has 5 aromatic carbocycles. The number of aryl methyl sites for hydroxylation is 8. The van der Waals surface area contributed by atoms with Crippen LogP contribution in [-0.4, -0.2) is 29.9 Å². The summed E-state index contributed by atoms with van der Waals surface area (Å²) < 4.78 is 0. The lowest BCUT2D eigenvalue weighted by Gasteiger charge is -2.13. The maximum atomic E-state index is 4.90. The molecule has 0 aliphatic heterocycles. The van der Waals surface area contributed by atoms with Gasteiger partial charge in [-0.3, -0.25) is 29.9 Å². The van der Waals surface area contributed by atoms with Crippen molar-refractivity contribution < 1.29 is 0 Å². The monoisotopic (exact) mass is 804 g/mol. The maximum absolute atomic E-state index is 4.90. The highest BCUT2D eigenvalue weighted by atomic mass is 14.8. The number of pyridine rings is 6. The number of nitrogens with zero attached hydrogens (tertiary/aromatic N) is 6. The summed E-state index contributed by atoms with van der Waals surface area (Å²) in [6.07, 6.45) is 3.88. The number of rotatable bonds is 2. The topological polar surface area (TPSA) is 77.3 Å². The van der Waals surface area contributed by atoms with E-state index in [-0.39, 0.29) is 0 Å². The Morgan fingerprint density at radius 1 is 0.306 bits per heavy atom. The number of hydrogen-bond donors (Lipinski definition) is 0. The number of benzene rings is 5. The van der Waals surface area contributed by atoms with Crippen molar-refractivity contribution in [2.45, 2.75) is 55.4 Å². The van der Waals surface area contributed by atoms with Crippen LogP contribution >= 0.6 is 0 Å². The Labute approximate surface area is 362 Å². The summed E-state index contributed by atoms with van der Waals surface area (Å²) in [5.74, 6) is 0. The fourth-order valence-corrected chi connectivity index (χ4v) is 8.29. The van der Waals surface area contributed by atoms with E-state index < -0.39 is 0 Å². The van der Waals surface area contributed by atoms with Crippen molar-refractivity contribution >= 4 is 65.4 Å². The van der Waals surface area contributed by atoms with Gasteiger partial charge in [-0.05, 0) is 124 Å². The lowest BCUT2D eigenvalue weighted by atomic mass is 9.95. The highest BCUT2D eigenvalue weighted by Gasteiger charge is 2.15. The van der Waals surface area contributed by atoms with Crippen LogP contribution < -0.4 is 0 Å². The molecule has 62 heavy (non-hydrogen) atoms. The molecular weight excluding hydrogens is 757 g/mol. The second-order valence-corrected chi connectivity index (χ2v) is 16.3. The van der Waals surface area contributed by atoms with Gasteiger partial charge in [0.15, 0.2) is 0 Å². The summed E-state index contributed by atoms with van der Waals surface area (Å²) in [4.78, 5) is 28.1. The first-order valence-electron chi connectivity index (χ1n) is 21.1. The second kappa shape index (κ2) is 16.5. The molecule has 0 fully saturated rings. The molecular formula is C56H48N6. The Balaban J connectivity index is 0.000000125. The Morgan fingerprint density at radius 3 is 1.06 bits per heavy atom. The van der Waals surface area contributed by atoms with Gasteiger partial charge < -0.3 is 0 Å². The van der Waals surface area contributed by atoms with Crippen LogP contribution in [-0.2, 0) is 0 Å². The van der Waals surface area contributed by atoms with Crippen LogP contribution in [0.4, 0.5) is 0 Å². The molecule has 0 saturated heterocycles. The minimum atomic E-state index is 0.970. The molecule has 0 atom stereocenters. The molecule has 11 aromatic rings. The molecule has 0 N–H and O–H groups in total. The summed E-state index contributed by atoms with van der Waals surface area (Å²) in [6.45, 7) is 16.6. The third-order valence-electron chi connectivity index (χ3n) is 11.9. The maximum Gasteiger partial charge on any atom is 0.0974 e. The summed E-state index contributed by atoms with van der Waals surface area (Å²) in [5, 5.41) is 6.99. The van der Waals surface area contributed by atoms with Crippen LogP contribution in [0, 0.1) is 55.4 Å². The van der Waals surface area contributed by atoms with Crippen LogP contribution in [0.2, 0.25) is 0 Å². The van der Waals surface area contributed by atoms with Crippen molar-refractivity contribution in [2.24, 2.45) is 0 Å². The number of fused-ring (bicyclic) bond motifs is 9. The predicted octanol–water partition coefficient (Wildman–Crippen LogP) is 14.2. The molecule has 0 bridgehead atoms. The van der Waals surface area contributed by atoms with Crippen molar-refractivity contribution in [3.8, 4) is 22.3 Å². The fraction of sp³-hybridized carbons (Fsp3) is 0.143. The zero-order chi connectivity index (χ0) is 43.1. The van der Waals surface area contributed by atoms with Crippen molar-refractivity contribution in [2.75, 3.05) is 0 Å². The minimum absolute atomic E-state index is 0.970. The predicted molar refractivity (Wildman–Crippen MR) is 260 cm³/mol. The molecule has 0 radical (unpaired) electrons. The van der Waals surface area contributed by atoms with Gasteiger partial charge in [0.1, 0.15) is 0 Å². The zero-order valence-electron chi connectivity index (χ0n) is 36.5. The van der Waals surface area contributed by atoms with Gasteiger partial charge >= 0.3 is 0 Å². The third-order valence-corrected chi connectivity index (χ3v) is 11.9. The quantitative estimate of drug-likeness (QED) is 0.162.